The number of nitrogens with zero attached hydrogens (tertiary/aromatic N) is 2. The van der Waals surface area contributed by atoms with Gasteiger partial charge in [-0.2, -0.15) is 0 Å². The Bertz CT molecular complexity index is 1630. The number of nitrogens with one attached hydrogen (secondary N) is 2. The number of carbonyl (C=O) groups excluding carboxylic acids is 2. The SMILES string of the molecule is Cc1ccc(Cl)cc1NC(=O)c1ccc(N2CC3CC(C2)c2cccc(=O)n2C3)c(NC(=O)c2cccs2)c1. The first-order valence-electron chi connectivity index (χ1n) is 12.9. The highest BCUT2D eigenvalue weighted by molar-refractivity contribution is 7.12. The number of halogens is 1. The molecule has 39 heavy (non-hydrogen) atoms. The van der Waals surface area contributed by atoms with Crippen LogP contribution >= 0.6 is 22.9 Å². The van der Waals surface area contributed by atoms with E-state index in [-0.39, 0.29) is 23.3 Å². The van der Waals surface area contributed by atoms with Crippen molar-refractivity contribution in [2.75, 3.05) is 28.6 Å². The Hall–Kier alpha value is -3.88. The molecular formula is C30H27ClN4O3S. The fraction of sp³-hybridized carbons (Fsp3) is 0.233. The molecule has 0 aliphatic carbocycles. The van der Waals surface area contributed by atoms with Crippen LogP contribution in [0.3, 0.4) is 0 Å². The van der Waals surface area contributed by atoms with E-state index >= 15 is 0 Å². The lowest BCUT2D eigenvalue weighted by atomic mass is 9.83. The van der Waals surface area contributed by atoms with Crippen molar-refractivity contribution in [2.45, 2.75) is 25.8 Å². The van der Waals surface area contributed by atoms with Crippen molar-refractivity contribution in [2.24, 2.45) is 5.92 Å². The van der Waals surface area contributed by atoms with Gasteiger partial charge in [-0.1, -0.05) is 29.8 Å². The van der Waals surface area contributed by atoms with Crippen LogP contribution in [0.2, 0.25) is 5.02 Å². The van der Waals surface area contributed by atoms with Crippen molar-refractivity contribution in [3.05, 3.63) is 109 Å². The van der Waals surface area contributed by atoms with E-state index in [0.29, 0.717) is 39.3 Å². The van der Waals surface area contributed by atoms with Crippen LogP contribution in [0.25, 0.3) is 0 Å². The Kier molecular flexibility index (Phi) is 6.74. The lowest BCUT2D eigenvalue weighted by Gasteiger charge is -2.44. The summed E-state index contributed by atoms with van der Waals surface area (Å²) >= 11 is 7.51. The van der Waals surface area contributed by atoms with Gasteiger partial charge in [0, 0.05) is 53.6 Å². The fourth-order valence-corrected chi connectivity index (χ4v) is 6.45. The molecule has 2 aromatic carbocycles. The van der Waals surface area contributed by atoms with Crippen molar-refractivity contribution < 1.29 is 9.59 Å². The fourth-order valence-electron chi connectivity index (χ4n) is 5.66. The zero-order valence-electron chi connectivity index (χ0n) is 21.3. The summed E-state index contributed by atoms with van der Waals surface area (Å²) in [7, 11) is 0. The lowest BCUT2D eigenvalue weighted by molar-refractivity contribution is 0.101. The average Bonchev–Trinajstić information content (AvgIpc) is 3.47. The number of aromatic nitrogens is 1. The summed E-state index contributed by atoms with van der Waals surface area (Å²) in [5, 5.41) is 8.40. The monoisotopic (exact) mass is 558 g/mol. The molecule has 2 N–H and O–H groups in total. The second-order valence-electron chi connectivity index (χ2n) is 10.2. The lowest BCUT2D eigenvalue weighted by Crippen LogP contribution is -2.47. The molecule has 2 aromatic heterocycles. The molecule has 1 fully saturated rings. The van der Waals surface area contributed by atoms with Crippen molar-refractivity contribution in [1.29, 1.82) is 0 Å². The molecular weight excluding hydrogens is 532 g/mol. The van der Waals surface area contributed by atoms with Gasteiger partial charge in [-0.3, -0.25) is 14.4 Å². The predicted octanol–water partition coefficient (Wildman–Crippen LogP) is 6.00. The minimum absolute atomic E-state index is 0.0462. The summed E-state index contributed by atoms with van der Waals surface area (Å²) in [4.78, 5) is 41.7. The Morgan fingerprint density at radius 3 is 2.59 bits per heavy atom. The second-order valence-corrected chi connectivity index (χ2v) is 11.6. The smallest absolute Gasteiger partial charge is 0.265 e. The highest BCUT2D eigenvalue weighted by Gasteiger charge is 2.35. The molecule has 2 aliphatic heterocycles. The molecule has 2 atom stereocenters. The second kappa shape index (κ2) is 10.4. The summed E-state index contributed by atoms with van der Waals surface area (Å²) in [6.45, 7) is 4.06. The number of hydrogen-bond donors (Lipinski definition) is 2. The number of hydrogen-bond acceptors (Lipinski definition) is 5. The van der Waals surface area contributed by atoms with Crippen molar-refractivity contribution in [1.82, 2.24) is 4.57 Å². The van der Waals surface area contributed by atoms with Crippen LogP contribution in [0.15, 0.2) is 76.9 Å². The number of piperidine rings is 1. The standard InChI is InChI=1S/C30H27ClN4O3S/c1-18-7-9-22(31)14-23(18)32-29(37)20-8-10-26(24(13-20)33-30(38)27-5-3-11-39-27)34-15-19-12-21(17-34)25-4-2-6-28(36)35(25)16-19/h2-11,13-14,19,21H,12,15-17H2,1H3,(H,32,37)(H,33,38). The molecule has 0 saturated carbocycles. The number of aryl methyl sites for hydroxylation is 1. The zero-order chi connectivity index (χ0) is 27.1. The quantitative estimate of drug-likeness (QED) is 0.315. The number of pyridine rings is 1. The van der Waals surface area contributed by atoms with E-state index in [9.17, 15) is 14.4 Å². The summed E-state index contributed by atoms with van der Waals surface area (Å²) in [6, 6.07) is 19.9. The minimum atomic E-state index is -0.289. The zero-order valence-corrected chi connectivity index (χ0v) is 22.9. The third kappa shape index (κ3) is 5.10. The predicted molar refractivity (Wildman–Crippen MR) is 157 cm³/mol. The first kappa shape index (κ1) is 25.4. The topological polar surface area (TPSA) is 83.4 Å². The number of fused-ring (bicyclic) bond motifs is 4. The highest BCUT2D eigenvalue weighted by Crippen LogP contribution is 2.39. The molecule has 1 saturated heterocycles. The first-order valence-corrected chi connectivity index (χ1v) is 14.1. The van der Waals surface area contributed by atoms with Crippen LogP contribution in [-0.4, -0.2) is 29.5 Å². The van der Waals surface area contributed by atoms with Crippen molar-refractivity contribution in [3.8, 4) is 0 Å². The molecule has 2 aliphatic rings. The van der Waals surface area contributed by atoms with Gasteiger partial charge in [-0.25, -0.2) is 0 Å². The molecule has 7 nitrogen and oxygen atoms in total. The molecule has 2 amide bonds. The minimum Gasteiger partial charge on any atom is -0.369 e. The highest BCUT2D eigenvalue weighted by atomic mass is 35.5. The summed E-state index contributed by atoms with van der Waals surface area (Å²) in [6.07, 6.45) is 1.02. The van der Waals surface area contributed by atoms with E-state index in [2.05, 4.69) is 15.5 Å². The van der Waals surface area contributed by atoms with Crippen molar-refractivity contribution in [3.63, 3.8) is 0 Å². The number of carbonyl (C=O) groups is 2. The van der Waals surface area contributed by atoms with Gasteiger partial charge in [0.25, 0.3) is 17.4 Å². The van der Waals surface area contributed by atoms with Crippen molar-refractivity contribution >= 4 is 51.8 Å². The number of rotatable bonds is 5. The van der Waals surface area contributed by atoms with Crippen LogP contribution in [0.5, 0.6) is 0 Å². The van der Waals surface area contributed by atoms with Crippen LogP contribution in [-0.2, 0) is 6.54 Å². The van der Waals surface area contributed by atoms with E-state index in [4.69, 9.17) is 11.6 Å². The third-order valence-corrected chi connectivity index (χ3v) is 8.62. The van der Waals surface area contributed by atoms with E-state index in [1.54, 1.807) is 36.4 Å². The van der Waals surface area contributed by atoms with Crippen LogP contribution in [0.1, 0.15) is 43.6 Å². The normalized spacial score (nSPS) is 17.8. The van der Waals surface area contributed by atoms with E-state index in [0.717, 1.165) is 36.5 Å². The maximum atomic E-state index is 13.2. The van der Waals surface area contributed by atoms with Gasteiger partial charge in [0.1, 0.15) is 0 Å². The van der Waals surface area contributed by atoms with Gasteiger partial charge >= 0.3 is 0 Å². The molecule has 0 radical (unpaired) electrons. The molecule has 6 rings (SSSR count). The molecule has 4 aromatic rings. The van der Waals surface area contributed by atoms with Crippen LogP contribution < -0.4 is 21.1 Å². The third-order valence-electron chi connectivity index (χ3n) is 7.52. The molecule has 0 spiro atoms. The van der Waals surface area contributed by atoms with Gasteiger partial charge in [-0.05, 0) is 72.7 Å². The van der Waals surface area contributed by atoms with Gasteiger partial charge in [-0.15, -0.1) is 11.3 Å². The Morgan fingerprint density at radius 2 is 1.77 bits per heavy atom. The van der Waals surface area contributed by atoms with Crippen LogP contribution in [0, 0.1) is 12.8 Å². The number of thiophene rings is 1. The first-order chi connectivity index (χ1) is 18.9. The molecule has 2 bridgehead atoms. The Morgan fingerprint density at radius 1 is 0.923 bits per heavy atom. The largest absolute Gasteiger partial charge is 0.369 e. The summed E-state index contributed by atoms with van der Waals surface area (Å²) in [5.74, 6) is 0.0120. The average molecular weight is 559 g/mol. The van der Waals surface area contributed by atoms with Gasteiger partial charge in [0.15, 0.2) is 0 Å². The Balaban J connectivity index is 1.33. The summed E-state index contributed by atoms with van der Waals surface area (Å²) < 4.78 is 1.90. The molecule has 2 unspecified atom stereocenters. The van der Waals surface area contributed by atoms with E-state index in [1.165, 1.54) is 11.3 Å². The number of benzene rings is 2. The van der Waals surface area contributed by atoms with Crippen LogP contribution in [0.4, 0.5) is 17.1 Å². The summed E-state index contributed by atoms with van der Waals surface area (Å²) in [5.41, 5.74) is 4.50. The molecule has 4 heterocycles. The number of anilines is 3. The van der Waals surface area contributed by atoms with Gasteiger partial charge in [0.2, 0.25) is 0 Å². The van der Waals surface area contributed by atoms with Gasteiger partial charge < -0.3 is 20.1 Å². The van der Waals surface area contributed by atoms with E-state index in [1.807, 2.05) is 47.2 Å². The number of amides is 2. The van der Waals surface area contributed by atoms with Gasteiger partial charge in [0.05, 0.1) is 16.3 Å². The molecule has 198 valence electrons. The Labute approximate surface area is 235 Å². The van der Waals surface area contributed by atoms with E-state index < -0.39 is 0 Å². The molecule has 9 heteroatoms. The maximum absolute atomic E-state index is 13.2. The maximum Gasteiger partial charge on any atom is 0.265 e.